The van der Waals surface area contributed by atoms with Crippen molar-refractivity contribution >= 4 is 15.9 Å². The summed E-state index contributed by atoms with van der Waals surface area (Å²) in [6.07, 6.45) is 90.3. The molecule has 0 fully saturated rings. The maximum atomic E-state index is 10.4. The summed E-state index contributed by atoms with van der Waals surface area (Å²) in [7, 11) is -6.09. The molecular weight excluding hydrogens is 1020 g/mol. The van der Waals surface area contributed by atoms with E-state index in [2.05, 4.69) is 76.3 Å². The second-order valence-corrected chi connectivity index (χ2v) is 29.0. The fraction of sp³-hybridized carbons (Fsp3) is 0.889. The molecule has 0 spiro atoms. The molecule has 0 atom stereocenters. The third-order valence-electron chi connectivity index (χ3n) is 16.0. The third-order valence-corrected chi connectivity index (χ3v) is 19.2. The van der Waals surface area contributed by atoms with Gasteiger partial charge in [-0.15, -0.1) is 0 Å². The van der Waals surface area contributed by atoms with Crippen LogP contribution in [0.2, 0.25) is 0 Å². The average molecular weight is 1170 g/mol. The molecule has 0 aliphatic rings. The van der Waals surface area contributed by atoms with Crippen LogP contribution in [0.3, 0.4) is 0 Å². The predicted octanol–water partition coefficient (Wildman–Crippen LogP) is 25.7. The molecule has 0 amide bonds. The molecule has 0 aliphatic carbocycles. The van der Waals surface area contributed by atoms with Gasteiger partial charge in [-0.1, -0.05) is 232 Å². The Balaban J connectivity index is 0. The Morgan fingerprint density at radius 3 is 0.600 bits per heavy atom. The van der Waals surface area contributed by atoms with E-state index in [1.807, 2.05) is 0 Å². The summed E-state index contributed by atoms with van der Waals surface area (Å²) in [5.74, 6) is 0. The molecule has 80 heavy (non-hydrogen) atoms. The Morgan fingerprint density at radius 1 is 0.237 bits per heavy atom. The third kappa shape index (κ3) is 75.6. The monoisotopic (exact) mass is 1170 g/mol. The van der Waals surface area contributed by atoms with Crippen LogP contribution in [0.25, 0.3) is 0 Å². The van der Waals surface area contributed by atoms with E-state index in [4.69, 9.17) is 9.05 Å². The van der Waals surface area contributed by atoms with Crippen molar-refractivity contribution in [3.8, 4) is 0 Å². The van der Waals surface area contributed by atoms with E-state index >= 15 is 0 Å². The van der Waals surface area contributed by atoms with Gasteiger partial charge in [0, 0.05) is 0 Å². The smallest absolute Gasteiger partial charge is 0.0654 e. The molecule has 8 heteroatoms. The quantitative estimate of drug-likeness (QED) is 0.0275. The van der Waals surface area contributed by atoms with Crippen molar-refractivity contribution < 1.29 is 28.6 Å². The SMILES string of the molecule is CCCCCCCC/C=C\CCCCCCCCOP(O)OCCCCCCCC/C=C\CCCCCCCC.CCCCCCCC/C=C\CCCCCCCCP(O)(O)(O)CCCCCCCC/C=C\CCCCCCCC. The first-order chi connectivity index (χ1) is 39.2. The van der Waals surface area contributed by atoms with Crippen molar-refractivity contribution in [1.82, 2.24) is 0 Å². The maximum absolute atomic E-state index is 10.4. The molecule has 0 unspecified atom stereocenters. The van der Waals surface area contributed by atoms with E-state index in [0.717, 1.165) is 51.4 Å². The summed E-state index contributed by atoms with van der Waals surface area (Å²) in [6.45, 7) is 10.3. The topological polar surface area (TPSA) is 99.4 Å². The molecular formula is C72H144O6P2. The standard InChI is InChI=1S/C36H73O3P.C36H71O3P/c1-3-5-7-9-11-13-15-17-19-21-23-25-27-29-31-33-35-40(37,38,39)36-34-32-30-28-26-24-22-20-18-16-14-12-10-8-6-4-2;1-3-5-7-9-11-13-15-17-19-21-23-25-27-29-31-33-35-38-40(37)39-36-34-32-30-28-26-24-22-20-18-16-14-12-10-8-6-4-2/h17-20,37-39H,3-16,21-36H2,1-2H3;17-20,37H,3-16,21-36H2,1-2H3/b2*19-17-,20-18-. The molecule has 4 N–H and O–H groups in total. The molecule has 0 saturated carbocycles. The van der Waals surface area contributed by atoms with Crippen LogP contribution in [0.5, 0.6) is 0 Å². The molecule has 0 rings (SSSR count). The summed E-state index contributed by atoms with van der Waals surface area (Å²) in [5, 5.41) is 0. The van der Waals surface area contributed by atoms with Crippen molar-refractivity contribution in [3.63, 3.8) is 0 Å². The molecule has 478 valence electrons. The first kappa shape index (κ1) is 81.6. The minimum Gasteiger partial charge on any atom is -0.0654 e. The Labute approximate surface area is 503 Å². The minimum atomic E-state index is -4.41. The first-order valence-electron chi connectivity index (χ1n) is 35.8. The van der Waals surface area contributed by atoms with Crippen LogP contribution in [0, 0.1) is 0 Å². The second kappa shape index (κ2) is 69.4. The van der Waals surface area contributed by atoms with E-state index in [9.17, 15) is 19.6 Å². The number of hydrogen-bond acceptors (Lipinski definition) is 6. The zero-order valence-corrected chi connectivity index (χ0v) is 56.3. The summed E-state index contributed by atoms with van der Waals surface area (Å²) in [4.78, 5) is 41.2. The van der Waals surface area contributed by atoms with Gasteiger partial charge in [-0.05, 0) is 64.2 Å². The van der Waals surface area contributed by atoms with Crippen molar-refractivity contribution in [2.75, 3.05) is 25.5 Å². The van der Waals surface area contributed by atoms with Crippen molar-refractivity contribution in [2.24, 2.45) is 0 Å². The molecule has 0 bridgehead atoms. The zero-order chi connectivity index (χ0) is 58.5. The second-order valence-electron chi connectivity index (χ2n) is 24.4. The number of unbranched alkanes of at least 4 members (excludes halogenated alkanes) is 48. The normalized spacial score (nSPS) is 12.8. The van der Waals surface area contributed by atoms with Gasteiger partial charge in [0.05, 0.1) is 13.2 Å². The first-order valence-corrected chi connectivity index (χ1v) is 39.4. The van der Waals surface area contributed by atoms with Gasteiger partial charge in [0.25, 0.3) is 0 Å². The van der Waals surface area contributed by atoms with Crippen LogP contribution in [0.15, 0.2) is 48.6 Å². The Morgan fingerprint density at radius 2 is 0.400 bits per heavy atom. The minimum absolute atomic E-state index is 0.192. The summed E-state index contributed by atoms with van der Waals surface area (Å²) < 4.78 is 10.9. The van der Waals surface area contributed by atoms with E-state index in [0.29, 0.717) is 13.2 Å². The molecule has 0 aromatic carbocycles. The van der Waals surface area contributed by atoms with Gasteiger partial charge in [-0.3, -0.25) is 0 Å². The number of rotatable bonds is 66. The van der Waals surface area contributed by atoms with E-state index in [1.165, 1.54) is 308 Å². The van der Waals surface area contributed by atoms with Crippen LogP contribution < -0.4 is 0 Å². The molecule has 0 aromatic rings. The van der Waals surface area contributed by atoms with Gasteiger partial charge in [0.2, 0.25) is 0 Å². The molecule has 0 saturated heterocycles. The fourth-order valence-electron chi connectivity index (χ4n) is 10.5. The van der Waals surface area contributed by atoms with Crippen LogP contribution in [0.4, 0.5) is 0 Å². The molecule has 0 heterocycles. The summed E-state index contributed by atoms with van der Waals surface area (Å²) in [5.41, 5.74) is 0. The van der Waals surface area contributed by atoms with Crippen LogP contribution in [0.1, 0.15) is 387 Å². The molecule has 0 aromatic heterocycles. The molecule has 0 aliphatic heterocycles. The molecule has 6 nitrogen and oxygen atoms in total. The van der Waals surface area contributed by atoms with Gasteiger partial charge in [-0.2, -0.15) is 0 Å². The zero-order valence-electron chi connectivity index (χ0n) is 54.5. The van der Waals surface area contributed by atoms with Gasteiger partial charge >= 0.3 is 183 Å². The van der Waals surface area contributed by atoms with E-state index < -0.39 is 15.9 Å². The molecule has 0 radical (unpaired) electrons. The van der Waals surface area contributed by atoms with Crippen molar-refractivity contribution in [1.29, 1.82) is 0 Å². The van der Waals surface area contributed by atoms with Crippen molar-refractivity contribution in [2.45, 2.75) is 387 Å². The van der Waals surface area contributed by atoms with Gasteiger partial charge < -0.3 is 13.9 Å². The Bertz CT molecular complexity index is 1170. The van der Waals surface area contributed by atoms with Gasteiger partial charge in [0.1, 0.15) is 0 Å². The number of hydrogen-bond donors (Lipinski definition) is 4. The Kier molecular flexibility index (Phi) is 70.8. The summed E-state index contributed by atoms with van der Waals surface area (Å²) in [6, 6.07) is 0. The van der Waals surface area contributed by atoms with E-state index in [-0.39, 0.29) is 12.3 Å². The predicted molar refractivity (Wildman–Crippen MR) is 362 cm³/mol. The van der Waals surface area contributed by atoms with Crippen LogP contribution >= 0.6 is 15.9 Å². The van der Waals surface area contributed by atoms with Crippen LogP contribution in [-0.4, -0.2) is 45.1 Å². The van der Waals surface area contributed by atoms with Crippen LogP contribution in [-0.2, 0) is 9.05 Å². The van der Waals surface area contributed by atoms with Crippen molar-refractivity contribution in [3.05, 3.63) is 48.6 Å². The van der Waals surface area contributed by atoms with E-state index in [1.54, 1.807) is 0 Å². The number of allylic oxidation sites excluding steroid dienone is 8. The Hall–Kier alpha value is -0.420. The van der Waals surface area contributed by atoms with Gasteiger partial charge in [0.15, 0.2) is 0 Å². The summed E-state index contributed by atoms with van der Waals surface area (Å²) >= 11 is 0. The average Bonchev–Trinajstić information content (AvgIpc) is 3.45. The van der Waals surface area contributed by atoms with Gasteiger partial charge in [-0.25, -0.2) is 0 Å². The fourth-order valence-corrected chi connectivity index (χ4v) is 13.1.